The van der Waals surface area contributed by atoms with E-state index in [2.05, 4.69) is 0 Å². The van der Waals surface area contributed by atoms with Gasteiger partial charge in [-0.2, -0.15) is 0 Å². The Labute approximate surface area is 127 Å². The maximum Gasteiger partial charge on any atom is 0.197 e. The fourth-order valence-corrected chi connectivity index (χ4v) is 2.40. The smallest absolute Gasteiger partial charge is 0.197 e. The first-order valence-electron chi connectivity index (χ1n) is 5.35. The highest BCUT2D eigenvalue weighted by molar-refractivity contribution is 14.1. The van der Waals surface area contributed by atoms with E-state index in [1.54, 1.807) is 12.1 Å². The molecule has 0 aliphatic rings. The summed E-state index contributed by atoms with van der Waals surface area (Å²) in [7, 11) is 0. The molecule has 19 heavy (non-hydrogen) atoms. The highest BCUT2D eigenvalue weighted by Crippen LogP contribution is 2.23. The minimum Gasteiger partial charge on any atom is -0.288 e. The molecule has 0 atom stereocenters. The fourth-order valence-electron chi connectivity index (χ4n) is 1.65. The van der Waals surface area contributed by atoms with Crippen LogP contribution in [0.3, 0.4) is 0 Å². The molecule has 0 radical (unpaired) electrons. The van der Waals surface area contributed by atoms with Gasteiger partial charge in [0.25, 0.3) is 0 Å². The Morgan fingerprint density at radius 2 is 1.79 bits per heavy atom. The molecule has 0 saturated carbocycles. The second-order valence-corrected chi connectivity index (χ2v) is 5.63. The Balaban J connectivity index is 2.56. The van der Waals surface area contributed by atoms with Crippen LogP contribution in [0.25, 0.3) is 0 Å². The molecule has 2 aromatic rings. The maximum absolute atomic E-state index is 13.7. The van der Waals surface area contributed by atoms with Crippen molar-refractivity contribution in [3.8, 4) is 0 Å². The van der Waals surface area contributed by atoms with Gasteiger partial charge in [0.2, 0.25) is 0 Å². The quantitative estimate of drug-likeness (QED) is 0.532. The molecular formula is C14H8ClF2IO. The van der Waals surface area contributed by atoms with Crippen molar-refractivity contribution in [2.24, 2.45) is 0 Å². The van der Waals surface area contributed by atoms with E-state index in [1.165, 1.54) is 19.1 Å². The Kier molecular flexibility index (Phi) is 4.20. The first-order chi connectivity index (χ1) is 8.90. The van der Waals surface area contributed by atoms with E-state index in [9.17, 15) is 13.6 Å². The molecule has 2 aromatic carbocycles. The minimum absolute atomic E-state index is 0.154. The number of carbonyl (C=O) groups is 1. The molecule has 98 valence electrons. The van der Waals surface area contributed by atoms with Crippen LogP contribution in [0.1, 0.15) is 21.5 Å². The lowest BCUT2D eigenvalue weighted by Gasteiger charge is -2.07. The standard InChI is InChI=1S/C14H8ClF2IO/c1-7-4-9(12(17)6-11(7)16)14(19)10-5-8(15)2-3-13(10)18/h2-6H,1H3. The molecule has 0 fully saturated rings. The van der Waals surface area contributed by atoms with Crippen molar-refractivity contribution in [2.75, 3.05) is 0 Å². The molecule has 0 saturated heterocycles. The monoisotopic (exact) mass is 392 g/mol. The largest absolute Gasteiger partial charge is 0.288 e. The van der Waals surface area contributed by atoms with E-state index in [1.807, 2.05) is 22.6 Å². The number of aryl methyl sites for hydroxylation is 1. The van der Waals surface area contributed by atoms with Gasteiger partial charge in [-0.1, -0.05) is 11.6 Å². The molecule has 0 unspecified atom stereocenters. The van der Waals surface area contributed by atoms with Crippen LogP contribution in [0.2, 0.25) is 5.02 Å². The summed E-state index contributed by atoms with van der Waals surface area (Å²) in [5, 5.41) is 0.392. The zero-order chi connectivity index (χ0) is 14.2. The number of hydrogen-bond acceptors (Lipinski definition) is 1. The Hall–Kier alpha value is -1.01. The van der Waals surface area contributed by atoms with E-state index >= 15 is 0 Å². The molecule has 0 heterocycles. The van der Waals surface area contributed by atoms with E-state index in [0.717, 1.165) is 6.07 Å². The third-order valence-electron chi connectivity index (χ3n) is 2.67. The lowest BCUT2D eigenvalue weighted by atomic mass is 10.0. The van der Waals surface area contributed by atoms with Crippen molar-refractivity contribution in [3.05, 3.63) is 67.2 Å². The summed E-state index contributed by atoms with van der Waals surface area (Å²) in [6.07, 6.45) is 0. The van der Waals surface area contributed by atoms with Crippen molar-refractivity contribution < 1.29 is 13.6 Å². The summed E-state index contributed by atoms with van der Waals surface area (Å²) in [6, 6.07) is 6.73. The van der Waals surface area contributed by atoms with Crippen molar-refractivity contribution in [1.29, 1.82) is 0 Å². The van der Waals surface area contributed by atoms with Gasteiger partial charge in [0.1, 0.15) is 11.6 Å². The Bertz CT molecular complexity index is 671. The molecule has 0 aliphatic carbocycles. The van der Waals surface area contributed by atoms with Crippen LogP contribution in [0.5, 0.6) is 0 Å². The predicted octanol–water partition coefficient (Wildman–Crippen LogP) is 4.76. The van der Waals surface area contributed by atoms with Crippen LogP contribution in [0, 0.1) is 22.1 Å². The summed E-state index contributed by atoms with van der Waals surface area (Å²) in [5.41, 5.74) is 0.374. The van der Waals surface area contributed by atoms with Gasteiger partial charge in [-0.15, -0.1) is 0 Å². The van der Waals surface area contributed by atoms with Crippen molar-refractivity contribution in [1.82, 2.24) is 0 Å². The molecular weight excluding hydrogens is 385 g/mol. The van der Waals surface area contributed by atoms with E-state index in [0.29, 0.717) is 14.2 Å². The zero-order valence-electron chi connectivity index (χ0n) is 9.81. The first kappa shape index (κ1) is 14.4. The number of carbonyl (C=O) groups excluding carboxylic acids is 1. The highest BCUT2D eigenvalue weighted by atomic mass is 127. The Morgan fingerprint density at radius 3 is 2.47 bits per heavy atom. The molecule has 0 amide bonds. The normalized spacial score (nSPS) is 10.6. The molecule has 0 spiro atoms. The van der Waals surface area contributed by atoms with Gasteiger partial charge in [0, 0.05) is 20.2 Å². The number of rotatable bonds is 2. The summed E-state index contributed by atoms with van der Waals surface area (Å²) in [5.74, 6) is -2.05. The van der Waals surface area contributed by atoms with Crippen LogP contribution >= 0.6 is 34.2 Å². The number of benzene rings is 2. The van der Waals surface area contributed by atoms with Crippen molar-refractivity contribution >= 4 is 40.0 Å². The van der Waals surface area contributed by atoms with Crippen LogP contribution in [0.15, 0.2) is 30.3 Å². The second-order valence-electron chi connectivity index (χ2n) is 4.03. The summed E-state index contributed by atoms with van der Waals surface area (Å²) in [4.78, 5) is 12.3. The summed E-state index contributed by atoms with van der Waals surface area (Å²) < 4.78 is 27.6. The summed E-state index contributed by atoms with van der Waals surface area (Å²) >= 11 is 7.81. The Morgan fingerprint density at radius 1 is 1.11 bits per heavy atom. The van der Waals surface area contributed by atoms with Crippen molar-refractivity contribution in [3.63, 3.8) is 0 Å². The van der Waals surface area contributed by atoms with Crippen LogP contribution in [-0.2, 0) is 0 Å². The third kappa shape index (κ3) is 2.95. The van der Waals surface area contributed by atoms with Gasteiger partial charge in [0.15, 0.2) is 5.78 Å². The third-order valence-corrected chi connectivity index (χ3v) is 3.84. The maximum atomic E-state index is 13.7. The molecule has 0 N–H and O–H groups in total. The average molecular weight is 393 g/mol. The lowest BCUT2D eigenvalue weighted by molar-refractivity contribution is 0.103. The topological polar surface area (TPSA) is 17.1 Å². The van der Waals surface area contributed by atoms with Gasteiger partial charge in [-0.25, -0.2) is 8.78 Å². The van der Waals surface area contributed by atoms with Gasteiger partial charge in [-0.3, -0.25) is 4.79 Å². The number of halogens is 4. The van der Waals surface area contributed by atoms with Crippen LogP contribution in [-0.4, -0.2) is 5.78 Å². The summed E-state index contributed by atoms with van der Waals surface area (Å²) in [6.45, 7) is 1.48. The number of ketones is 1. The SMILES string of the molecule is Cc1cc(C(=O)c2cc(Cl)ccc2I)c(F)cc1F. The van der Waals surface area contributed by atoms with Gasteiger partial charge >= 0.3 is 0 Å². The minimum atomic E-state index is -0.871. The predicted molar refractivity (Wildman–Crippen MR) is 78.7 cm³/mol. The molecule has 5 heteroatoms. The zero-order valence-corrected chi connectivity index (χ0v) is 12.7. The average Bonchev–Trinajstić information content (AvgIpc) is 2.36. The second kappa shape index (κ2) is 5.54. The highest BCUT2D eigenvalue weighted by Gasteiger charge is 2.18. The fraction of sp³-hybridized carbons (Fsp3) is 0.0714. The molecule has 0 aliphatic heterocycles. The molecule has 2 rings (SSSR count). The van der Waals surface area contributed by atoms with E-state index in [-0.39, 0.29) is 11.1 Å². The number of hydrogen-bond donors (Lipinski definition) is 0. The van der Waals surface area contributed by atoms with Crippen LogP contribution < -0.4 is 0 Å². The first-order valence-corrected chi connectivity index (χ1v) is 6.81. The molecule has 0 bridgehead atoms. The van der Waals surface area contributed by atoms with Gasteiger partial charge in [0.05, 0.1) is 5.56 Å². The lowest BCUT2D eigenvalue weighted by Crippen LogP contribution is -2.07. The van der Waals surface area contributed by atoms with E-state index < -0.39 is 17.4 Å². The molecule has 1 nitrogen and oxygen atoms in total. The molecule has 0 aromatic heterocycles. The van der Waals surface area contributed by atoms with E-state index in [4.69, 9.17) is 11.6 Å². The van der Waals surface area contributed by atoms with Gasteiger partial charge in [-0.05, 0) is 59.3 Å². The van der Waals surface area contributed by atoms with Crippen LogP contribution in [0.4, 0.5) is 8.78 Å². The van der Waals surface area contributed by atoms with Crippen molar-refractivity contribution in [2.45, 2.75) is 6.92 Å². The van der Waals surface area contributed by atoms with Gasteiger partial charge < -0.3 is 0 Å².